The van der Waals surface area contributed by atoms with E-state index >= 15 is 0 Å². The Morgan fingerprint density at radius 1 is 1.46 bits per heavy atom. The number of hydrogen-bond donors (Lipinski definition) is 2. The molecule has 0 spiro atoms. The zero-order chi connectivity index (χ0) is 18.3. The third-order valence-corrected chi connectivity index (χ3v) is 4.65. The van der Waals surface area contributed by atoms with Gasteiger partial charge in [0.25, 0.3) is 5.91 Å². The number of nitrogens with one attached hydrogen (secondary N) is 2. The topological polar surface area (TPSA) is 85.0 Å². The SMILES string of the molecule is O=C(Nc1nccs1)c1cc2n(n1)C(C(F)(F)F)CC(c1ccco1)N2. The van der Waals surface area contributed by atoms with Crippen LogP contribution in [0.3, 0.4) is 0 Å². The molecule has 0 aromatic carbocycles. The third kappa shape index (κ3) is 3.05. The largest absolute Gasteiger partial charge is 0.467 e. The molecule has 0 fully saturated rings. The Kier molecular flexibility index (Phi) is 3.94. The van der Waals surface area contributed by atoms with Crippen molar-refractivity contribution in [1.82, 2.24) is 14.8 Å². The number of anilines is 2. The molecule has 0 aliphatic carbocycles. The highest BCUT2D eigenvalue weighted by molar-refractivity contribution is 7.13. The number of aromatic nitrogens is 3. The van der Waals surface area contributed by atoms with Gasteiger partial charge in [-0.3, -0.25) is 10.1 Å². The summed E-state index contributed by atoms with van der Waals surface area (Å²) in [6, 6.07) is 1.97. The van der Waals surface area contributed by atoms with Crippen molar-refractivity contribution in [2.24, 2.45) is 0 Å². The van der Waals surface area contributed by atoms with Gasteiger partial charge in [-0.25, -0.2) is 9.67 Å². The first-order chi connectivity index (χ1) is 12.4. The van der Waals surface area contributed by atoms with E-state index in [9.17, 15) is 18.0 Å². The van der Waals surface area contributed by atoms with Crippen LogP contribution in [0.15, 0.2) is 40.5 Å². The maximum absolute atomic E-state index is 13.5. The number of nitrogens with zero attached hydrogens (tertiary/aromatic N) is 3. The number of fused-ring (bicyclic) bond motifs is 1. The minimum Gasteiger partial charge on any atom is -0.467 e. The van der Waals surface area contributed by atoms with Gasteiger partial charge in [0.15, 0.2) is 16.9 Å². The molecule has 1 aliphatic rings. The summed E-state index contributed by atoms with van der Waals surface area (Å²) in [5, 5.41) is 11.3. The quantitative estimate of drug-likeness (QED) is 0.718. The van der Waals surface area contributed by atoms with Gasteiger partial charge in [0.05, 0.1) is 12.3 Å². The van der Waals surface area contributed by atoms with Crippen LogP contribution < -0.4 is 10.6 Å². The highest BCUT2D eigenvalue weighted by Crippen LogP contribution is 2.43. The average molecular weight is 383 g/mol. The molecule has 4 heterocycles. The molecule has 0 bridgehead atoms. The van der Waals surface area contributed by atoms with Crippen LogP contribution in [0.2, 0.25) is 0 Å². The lowest BCUT2D eigenvalue weighted by molar-refractivity contribution is -0.174. The van der Waals surface area contributed by atoms with Gasteiger partial charge in [-0.2, -0.15) is 18.3 Å². The summed E-state index contributed by atoms with van der Waals surface area (Å²) in [6.45, 7) is 0. The van der Waals surface area contributed by atoms with Crippen molar-refractivity contribution in [3.63, 3.8) is 0 Å². The summed E-state index contributed by atoms with van der Waals surface area (Å²) in [5.74, 6) is -0.135. The Balaban J connectivity index is 1.66. The number of hydrogen-bond acceptors (Lipinski definition) is 6. The number of carbonyl (C=O) groups excluding carboxylic acids is 1. The highest BCUT2D eigenvalue weighted by atomic mass is 32.1. The second-order valence-electron chi connectivity index (χ2n) is 5.66. The lowest BCUT2D eigenvalue weighted by Crippen LogP contribution is -2.35. The third-order valence-electron chi connectivity index (χ3n) is 3.96. The van der Waals surface area contributed by atoms with Crippen LogP contribution in [0.5, 0.6) is 0 Å². The van der Waals surface area contributed by atoms with Gasteiger partial charge in [0.1, 0.15) is 11.6 Å². The number of rotatable bonds is 3. The fourth-order valence-electron chi connectivity index (χ4n) is 2.81. The summed E-state index contributed by atoms with van der Waals surface area (Å²) in [4.78, 5) is 16.2. The number of furan rings is 1. The van der Waals surface area contributed by atoms with Gasteiger partial charge in [0, 0.05) is 24.1 Å². The van der Waals surface area contributed by atoms with Gasteiger partial charge in [-0.1, -0.05) is 0 Å². The molecule has 26 heavy (non-hydrogen) atoms. The van der Waals surface area contributed by atoms with Crippen LogP contribution in [0, 0.1) is 0 Å². The molecule has 2 unspecified atom stereocenters. The van der Waals surface area contributed by atoms with Crippen molar-refractivity contribution in [3.05, 3.63) is 47.5 Å². The molecule has 0 saturated heterocycles. The molecule has 1 amide bonds. The minimum absolute atomic E-state index is 0.101. The molecule has 2 N–H and O–H groups in total. The van der Waals surface area contributed by atoms with Crippen molar-refractivity contribution in [1.29, 1.82) is 0 Å². The normalized spacial score (nSPS) is 19.7. The summed E-state index contributed by atoms with van der Waals surface area (Å²) < 4.78 is 46.6. The van der Waals surface area contributed by atoms with Gasteiger partial charge in [0.2, 0.25) is 0 Å². The first-order valence-corrected chi connectivity index (χ1v) is 8.47. The van der Waals surface area contributed by atoms with Crippen LogP contribution in [-0.4, -0.2) is 26.8 Å². The number of halogens is 3. The smallest absolute Gasteiger partial charge is 0.410 e. The first-order valence-electron chi connectivity index (χ1n) is 7.59. The second-order valence-corrected chi connectivity index (χ2v) is 6.55. The highest BCUT2D eigenvalue weighted by Gasteiger charge is 2.47. The molecular weight excluding hydrogens is 371 g/mol. The predicted octanol–water partition coefficient (Wildman–Crippen LogP) is 3.85. The van der Waals surface area contributed by atoms with E-state index in [4.69, 9.17) is 4.42 Å². The Hall–Kier alpha value is -2.82. The molecule has 3 aromatic rings. The van der Waals surface area contributed by atoms with E-state index in [2.05, 4.69) is 20.7 Å². The molecule has 11 heteroatoms. The molecule has 2 atom stereocenters. The fraction of sp³-hybridized carbons (Fsp3) is 0.267. The molecule has 4 rings (SSSR count). The molecule has 1 aliphatic heterocycles. The van der Waals surface area contributed by atoms with Crippen molar-refractivity contribution in [2.45, 2.75) is 24.7 Å². The summed E-state index contributed by atoms with van der Waals surface area (Å²) >= 11 is 1.20. The minimum atomic E-state index is -4.52. The fourth-order valence-corrected chi connectivity index (χ4v) is 3.33. The zero-order valence-electron chi connectivity index (χ0n) is 13.0. The van der Waals surface area contributed by atoms with E-state index in [-0.39, 0.29) is 17.9 Å². The number of alkyl halides is 3. The Bertz CT molecular complexity index is 905. The second kappa shape index (κ2) is 6.16. The summed E-state index contributed by atoms with van der Waals surface area (Å²) in [7, 11) is 0. The van der Waals surface area contributed by atoms with Gasteiger partial charge < -0.3 is 9.73 Å². The van der Waals surface area contributed by atoms with Crippen molar-refractivity contribution in [3.8, 4) is 0 Å². The van der Waals surface area contributed by atoms with E-state index < -0.39 is 24.2 Å². The maximum Gasteiger partial charge on any atom is 0.410 e. The van der Waals surface area contributed by atoms with Gasteiger partial charge in [-0.05, 0) is 12.1 Å². The number of amides is 1. The number of thiazole rings is 1. The first kappa shape index (κ1) is 16.6. The Morgan fingerprint density at radius 3 is 2.96 bits per heavy atom. The van der Waals surface area contributed by atoms with E-state index in [1.54, 1.807) is 17.5 Å². The lowest BCUT2D eigenvalue weighted by atomic mass is 10.0. The van der Waals surface area contributed by atoms with Crippen LogP contribution in [0.4, 0.5) is 24.1 Å². The monoisotopic (exact) mass is 383 g/mol. The Morgan fingerprint density at radius 2 is 2.31 bits per heavy atom. The van der Waals surface area contributed by atoms with Crippen LogP contribution >= 0.6 is 11.3 Å². The van der Waals surface area contributed by atoms with Crippen molar-refractivity contribution >= 4 is 28.2 Å². The average Bonchev–Trinajstić information content (AvgIpc) is 3.33. The zero-order valence-corrected chi connectivity index (χ0v) is 13.8. The summed E-state index contributed by atoms with van der Waals surface area (Å²) in [5.41, 5.74) is -0.128. The van der Waals surface area contributed by atoms with Crippen LogP contribution in [-0.2, 0) is 0 Å². The van der Waals surface area contributed by atoms with Crippen molar-refractivity contribution < 1.29 is 22.4 Å². The molecule has 0 radical (unpaired) electrons. The molecule has 3 aromatic heterocycles. The van der Waals surface area contributed by atoms with E-state index in [1.807, 2.05) is 0 Å². The van der Waals surface area contributed by atoms with E-state index in [0.29, 0.717) is 10.9 Å². The van der Waals surface area contributed by atoms with Crippen LogP contribution in [0.1, 0.15) is 34.8 Å². The Labute approximate surface area is 148 Å². The predicted molar refractivity (Wildman–Crippen MR) is 87.1 cm³/mol. The summed E-state index contributed by atoms with van der Waals surface area (Å²) in [6.07, 6.45) is -1.90. The maximum atomic E-state index is 13.5. The molecule has 136 valence electrons. The van der Waals surface area contributed by atoms with Crippen molar-refractivity contribution in [2.75, 3.05) is 10.6 Å². The van der Waals surface area contributed by atoms with Gasteiger partial charge in [-0.15, -0.1) is 11.3 Å². The van der Waals surface area contributed by atoms with Crippen LogP contribution in [0.25, 0.3) is 0 Å². The lowest BCUT2D eigenvalue weighted by Gasteiger charge is -2.32. The van der Waals surface area contributed by atoms with E-state index in [0.717, 1.165) is 4.68 Å². The van der Waals surface area contributed by atoms with E-state index in [1.165, 1.54) is 29.9 Å². The molecular formula is C15H12F3N5O2S. The standard InChI is InChI=1S/C15H12F3N5O2S/c16-15(17,18)11-6-8(10-2-1-4-25-10)20-12-7-9(22-23(11)12)13(24)21-14-19-3-5-26-14/h1-5,7-8,11,20H,6H2,(H,19,21,24). The number of carbonyl (C=O) groups is 1. The van der Waals surface area contributed by atoms with Gasteiger partial charge >= 0.3 is 6.18 Å². The molecule has 0 saturated carbocycles. The molecule has 7 nitrogen and oxygen atoms in total.